The van der Waals surface area contributed by atoms with Gasteiger partial charge in [0.1, 0.15) is 17.1 Å². The first-order valence-corrected chi connectivity index (χ1v) is 9.06. The number of nitro groups is 1. The maximum atomic E-state index is 12.7. The molecule has 0 fully saturated rings. The molecule has 166 valence electrons. The van der Waals surface area contributed by atoms with Crippen LogP contribution < -0.4 is 4.74 Å². The lowest BCUT2D eigenvalue weighted by Gasteiger charge is -2.12. The van der Waals surface area contributed by atoms with Gasteiger partial charge in [0, 0.05) is 12.1 Å². The standard InChI is InChI=1S/C19H15ClF3NO7/c1-2-7-29-17(25)10-30-18(26)13-9-12(4-5-15(13)24(27)28)31-16-6-3-11(8-14(16)20)19(21,22)23/h3-6,8-9H,2,7,10H2,1H3. The predicted molar refractivity (Wildman–Crippen MR) is 101 cm³/mol. The minimum absolute atomic E-state index is 0.119. The number of carbonyl (C=O) groups is 2. The maximum absolute atomic E-state index is 12.7. The van der Waals surface area contributed by atoms with Crippen LogP contribution in [0.3, 0.4) is 0 Å². The average molecular weight is 462 g/mol. The molecule has 2 aromatic carbocycles. The number of ether oxygens (including phenoxy) is 3. The Hall–Kier alpha value is -3.34. The number of hydrogen-bond acceptors (Lipinski definition) is 7. The smallest absolute Gasteiger partial charge is 0.416 e. The SMILES string of the molecule is CCCOC(=O)COC(=O)c1cc(Oc2ccc(C(F)(F)F)cc2Cl)ccc1[N+](=O)[O-]. The van der Waals surface area contributed by atoms with Crippen LogP contribution in [0, 0.1) is 10.1 Å². The molecule has 0 aromatic heterocycles. The quantitative estimate of drug-likeness (QED) is 0.303. The van der Waals surface area contributed by atoms with E-state index in [9.17, 15) is 32.9 Å². The Kier molecular flexibility index (Phi) is 7.81. The Morgan fingerprint density at radius 3 is 2.42 bits per heavy atom. The summed E-state index contributed by atoms with van der Waals surface area (Å²) in [5.74, 6) is -2.33. The van der Waals surface area contributed by atoms with E-state index >= 15 is 0 Å². The summed E-state index contributed by atoms with van der Waals surface area (Å²) in [5, 5.41) is 10.8. The summed E-state index contributed by atoms with van der Waals surface area (Å²) in [6.07, 6.45) is -4.05. The molecule has 0 unspecified atom stereocenters. The lowest BCUT2D eigenvalue weighted by molar-refractivity contribution is -0.385. The molecule has 0 aliphatic heterocycles. The molecule has 2 aromatic rings. The Bertz CT molecular complexity index is 995. The molecule has 0 saturated heterocycles. The number of nitrogens with zero attached hydrogens (tertiary/aromatic N) is 1. The van der Waals surface area contributed by atoms with Crippen molar-refractivity contribution >= 4 is 29.2 Å². The minimum Gasteiger partial charge on any atom is -0.463 e. The van der Waals surface area contributed by atoms with Gasteiger partial charge in [-0.3, -0.25) is 10.1 Å². The topological polar surface area (TPSA) is 105 Å². The molecule has 0 heterocycles. The summed E-state index contributed by atoms with van der Waals surface area (Å²) in [6, 6.07) is 5.38. The van der Waals surface area contributed by atoms with Crippen molar-refractivity contribution in [2.45, 2.75) is 19.5 Å². The number of esters is 2. The summed E-state index contributed by atoms with van der Waals surface area (Å²) in [4.78, 5) is 34.0. The van der Waals surface area contributed by atoms with Crippen LogP contribution >= 0.6 is 11.6 Å². The first-order valence-electron chi connectivity index (χ1n) is 8.68. The molecule has 0 bridgehead atoms. The van der Waals surface area contributed by atoms with E-state index in [1.165, 1.54) is 0 Å². The Morgan fingerprint density at radius 1 is 1.13 bits per heavy atom. The van der Waals surface area contributed by atoms with Crippen LogP contribution in [0.25, 0.3) is 0 Å². The van der Waals surface area contributed by atoms with Crippen LogP contribution in [-0.4, -0.2) is 30.1 Å². The van der Waals surface area contributed by atoms with Gasteiger partial charge in [-0.2, -0.15) is 13.2 Å². The van der Waals surface area contributed by atoms with E-state index in [0.717, 1.165) is 30.3 Å². The largest absolute Gasteiger partial charge is 0.463 e. The molecule has 0 aliphatic rings. The van der Waals surface area contributed by atoms with Crippen molar-refractivity contribution in [3.05, 3.63) is 62.7 Å². The van der Waals surface area contributed by atoms with Crippen molar-refractivity contribution in [3.8, 4) is 11.5 Å². The average Bonchev–Trinajstić information content (AvgIpc) is 2.70. The summed E-state index contributed by atoms with van der Waals surface area (Å²) < 4.78 is 53.0. The number of benzene rings is 2. The van der Waals surface area contributed by atoms with E-state index in [2.05, 4.69) is 0 Å². The third-order valence-electron chi connectivity index (χ3n) is 3.66. The fourth-order valence-electron chi connectivity index (χ4n) is 2.25. The zero-order valence-corrected chi connectivity index (χ0v) is 16.7. The molecule has 0 N–H and O–H groups in total. The first kappa shape index (κ1) is 23.9. The molecular weight excluding hydrogens is 447 g/mol. The second-order valence-corrected chi connectivity index (χ2v) is 6.38. The lowest BCUT2D eigenvalue weighted by atomic mass is 10.1. The van der Waals surface area contributed by atoms with Crippen LogP contribution in [-0.2, 0) is 20.4 Å². The molecule has 0 radical (unpaired) electrons. The molecule has 31 heavy (non-hydrogen) atoms. The van der Waals surface area contributed by atoms with E-state index in [4.69, 9.17) is 25.8 Å². The van der Waals surface area contributed by atoms with Crippen molar-refractivity contribution < 1.29 is 41.9 Å². The number of halogens is 4. The van der Waals surface area contributed by atoms with Gasteiger partial charge in [-0.15, -0.1) is 0 Å². The highest BCUT2D eigenvalue weighted by molar-refractivity contribution is 6.32. The fraction of sp³-hybridized carbons (Fsp3) is 0.263. The van der Waals surface area contributed by atoms with E-state index in [1.807, 2.05) is 0 Å². The second-order valence-electron chi connectivity index (χ2n) is 5.98. The van der Waals surface area contributed by atoms with Crippen molar-refractivity contribution in [2.75, 3.05) is 13.2 Å². The van der Waals surface area contributed by atoms with Crippen molar-refractivity contribution in [2.24, 2.45) is 0 Å². The summed E-state index contributed by atoms with van der Waals surface area (Å²) in [5.41, 5.74) is -2.15. The zero-order valence-electron chi connectivity index (χ0n) is 15.9. The van der Waals surface area contributed by atoms with Gasteiger partial charge in [-0.25, -0.2) is 9.59 Å². The van der Waals surface area contributed by atoms with E-state index in [1.54, 1.807) is 6.92 Å². The van der Waals surface area contributed by atoms with Gasteiger partial charge >= 0.3 is 18.1 Å². The zero-order chi connectivity index (χ0) is 23.2. The summed E-state index contributed by atoms with van der Waals surface area (Å²) >= 11 is 5.82. The number of rotatable bonds is 8. The Balaban J connectivity index is 2.24. The normalized spacial score (nSPS) is 11.0. The molecule has 0 aliphatic carbocycles. The monoisotopic (exact) mass is 461 g/mol. The molecule has 0 spiro atoms. The Labute approximate surface area is 178 Å². The molecule has 0 saturated carbocycles. The van der Waals surface area contributed by atoms with Crippen LogP contribution in [0.15, 0.2) is 36.4 Å². The number of hydrogen-bond donors (Lipinski definition) is 0. The molecule has 8 nitrogen and oxygen atoms in total. The third kappa shape index (κ3) is 6.57. The summed E-state index contributed by atoms with van der Waals surface area (Å²) in [7, 11) is 0. The van der Waals surface area contributed by atoms with E-state index < -0.39 is 46.5 Å². The van der Waals surface area contributed by atoms with Crippen LogP contribution in [0.2, 0.25) is 5.02 Å². The highest BCUT2D eigenvalue weighted by Crippen LogP contribution is 2.37. The first-order chi connectivity index (χ1) is 14.5. The predicted octanol–water partition coefficient (Wildman–Crippen LogP) is 5.17. The van der Waals surface area contributed by atoms with Crippen LogP contribution in [0.1, 0.15) is 29.3 Å². The molecule has 0 amide bonds. The van der Waals surface area contributed by atoms with Crippen LogP contribution in [0.4, 0.5) is 18.9 Å². The van der Waals surface area contributed by atoms with Gasteiger partial charge in [0.25, 0.3) is 5.69 Å². The number of alkyl halides is 3. The van der Waals surface area contributed by atoms with Crippen molar-refractivity contribution in [3.63, 3.8) is 0 Å². The number of carbonyl (C=O) groups excluding carboxylic acids is 2. The third-order valence-corrected chi connectivity index (χ3v) is 3.96. The van der Waals surface area contributed by atoms with Gasteiger partial charge in [0.05, 0.1) is 22.1 Å². The molecule has 12 heteroatoms. The van der Waals surface area contributed by atoms with Crippen molar-refractivity contribution in [1.29, 1.82) is 0 Å². The minimum atomic E-state index is -4.61. The van der Waals surface area contributed by atoms with Gasteiger partial charge in [-0.1, -0.05) is 18.5 Å². The molecular formula is C19H15ClF3NO7. The van der Waals surface area contributed by atoms with Crippen molar-refractivity contribution in [1.82, 2.24) is 0 Å². The number of nitro benzene ring substituents is 1. The van der Waals surface area contributed by atoms with E-state index in [0.29, 0.717) is 12.5 Å². The van der Waals surface area contributed by atoms with Gasteiger partial charge < -0.3 is 14.2 Å². The Morgan fingerprint density at radius 2 is 1.84 bits per heavy atom. The van der Waals surface area contributed by atoms with E-state index in [-0.39, 0.29) is 23.1 Å². The van der Waals surface area contributed by atoms with Gasteiger partial charge in [-0.05, 0) is 30.7 Å². The van der Waals surface area contributed by atoms with Gasteiger partial charge in [0.2, 0.25) is 0 Å². The fourth-order valence-corrected chi connectivity index (χ4v) is 2.47. The molecule has 2 rings (SSSR count). The lowest BCUT2D eigenvalue weighted by Crippen LogP contribution is -2.17. The van der Waals surface area contributed by atoms with Crippen LogP contribution in [0.5, 0.6) is 11.5 Å². The summed E-state index contributed by atoms with van der Waals surface area (Å²) in [6.45, 7) is 1.12. The highest BCUT2D eigenvalue weighted by Gasteiger charge is 2.31. The van der Waals surface area contributed by atoms with Gasteiger partial charge in [0.15, 0.2) is 6.61 Å². The highest BCUT2D eigenvalue weighted by atomic mass is 35.5. The maximum Gasteiger partial charge on any atom is 0.416 e. The second kappa shape index (κ2) is 10.1. The molecule has 0 atom stereocenters.